The number of amides is 1. The number of rotatable bonds is 8. The summed E-state index contributed by atoms with van der Waals surface area (Å²) in [6.07, 6.45) is 1.76. The van der Waals surface area contributed by atoms with Gasteiger partial charge >= 0.3 is 0 Å². The molecule has 3 N–H and O–H groups in total. The fourth-order valence-electron chi connectivity index (χ4n) is 2.08. The highest BCUT2D eigenvalue weighted by molar-refractivity contribution is 5.95. The molecule has 1 aliphatic rings. The maximum Gasteiger partial charge on any atom is 0.260 e. The lowest BCUT2D eigenvalue weighted by Crippen LogP contribution is -2.18. The lowest BCUT2D eigenvalue weighted by atomic mass is 10.2. The molecule has 0 aromatic heterocycles. The number of alkyl halides is 2. The number of aliphatic imine (C=N–C) groups is 1. The molecule has 6 nitrogen and oxygen atoms in total. The van der Waals surface area contributed by atoms with Crippen molar-refractivity contribution in [3.05, 3.63) is 30.5 Å². The Morgan fingerprint density at radius 1 is 1.62 bits per heavy atom. The van der Waals surface area contributed by atoms with Crippen LogP contribution in [0.25, 0.3) is 0 Å². The molecule has 0 spiro atoms. The Morgan fingerprint density at radius 2 is 2.33 bits per heavy atom. The van der Waals surface area contributed by atoms with Crippen molar-refractivity contribution in [2.75, 3.05) is 17.7 Å². The maximum atomic E-state index is 12.9. The quantitative estimate of drug-likeness (QED) is 0.502. The second-order valence-electron chi connectivity index (χ2n) is 5.34. The zero-order valence-electron chi connectivity index (χ0n) is 13.1. The van der Waals surface area contributed by atoms with E-state index in [-0.39, 0.29) is 6.42 Å². The molecule has 0 aliphatic heterocycles. The van der Waals surface area contributed by atoms with Gasteiger partial charge in [-0.1, -0.05) is 6.08 Å². The number of hydrogen-bond acceptors (Lipinski definition) is 5. The molecule has 0 bridgehead atoms. The van der Waals surface area contributed by atoms with Crippen LogP contribution < -0.4 is 15.4 Å². The van der Waals surface area contributed by atoms with Crippen molar-refractivity contribution in [3.63, 3.8) is 0 Å². The fraction of sp³-hybridized carbons (Fsp3) is 0.375. The normalized spacial score (nSPS) is 19.6. The molecule has 1 aromatic rings. The second-order valence-corrected chi connectivity index (χ2v) is 5.34. The van der Waals surface area contributed by atoms with Gasteiger partial charge in [-0.3, -0.25) is 9.79 Å². The van der Waals surface area contributed by atoms with Gasteiger partial charge in [0.05, 0.1) is 5.69 Å². The number of aliphatic hydroxyl groups is 1. The van der Waals surface area contributed by atoms with E-state index in [1.807, 2.05) is 0 Å². The summed E-state index contributed by atoms with van der Waals surface area (Å²) in [5.41, 5.74) is 0.866. The van der Waals surface area contributed by atoms with Crippen molar-refractivity contribution in [1.82, 2.24) is 0 Å². The summed E-state index contributed by atoms with van der Waals surface area (Å²) in [4.78, 5) is 15.2. The molecule has 2 unspecified atom stereocenters. The summed E-state index contributed by atoms with van der Waals surface area (Å²) in [7, 11) is 1.64. The van der Waals surface area contributed by atoms with Crippen LogP contribution >= 0.6 is 0 Å². The summed E-state index contributed by atoms with van der Waals surface area (Å²) in [5, 5.41) is 15.1. The van der Waals surface area contributed by atoms with E-state index in [0.717, 1.165) is 0 Å². The van der Waals surface area contributed by atoms with E-state index in [0.29, 0.717) is 17.1 Å². The third kappa shape index (κ3) is 4.51. The molecule has 0 heterocycles. The molecule has 1 fully saturated rings. The van der Waals surface area contributed by atoms with Crippen molar-refractivity contribution < 1.29 is 23.4 Å². The van der Waals surface area contributed by atoms with Crippen LogP contribution in [0.15, 0.2) is 35.5 Å². The molecule has 1 aliphatic carbocycles. The zero-order chi connectivity index (χ0) is 17.7. The molecule has 1 aromatic carbocycles. The molecule has 2 atom stereocenters. The van der Waals surface area contributed by atoms with Gasteiger partial charge in [0, 0.05) is 31.8 Å². The van der Waals surface area contributed by atoms with Gasteiger partial charge in [0.2, 0.25) is 12.2 Å². The van der Waals surface area contributed by atoms with Gasteiger partial charge in [-0.25, -0.2) is 8.78 Å². The van der Waals surface area contributed by atoms with Gasteiger partial charge in [0.1, 0.15) is 11.7 Å². The average Bonchev–Trinajstić information content (AvgIpc) is 3.18. The SMILES string of the molecule is C=N/C=C\CC(O)Oc1ccc(NC(=O)C2CC2(F)F)cc1NC. The molecule has 130 valence electrons. The van der Waals surface area contributed by atoms with E-state index < -0.39 is 30.5 Å². The van der Waals surface area contributed by atoms with E-state index in [9.17, 15) is 18.7 Å². The van der Waals surface area contributed by atoms with E-state index >= 15 is 0 Å². The Morgan fingerprint density at radius 3 is 2.92 bits per heavy atom. The molecule has 24 heavy (non-hydrogen) atoms. The highest BCUT2D eigenvalue weighted by Crippen LogP contribution is 2.49. The Bertz CT molecular complexity index is 649. The molecule has 1 saturated carbocycles. The maximum absolute atomic E-state index is 12.9. The van der Waals surface area contributed by atoms with Crippen LogP contribution in [0.2, 0.25) is 0 Å². The molecular weight excluding hydrogens is 320 g/mol. The largest absolute Gasteiger partial charge is 0.463 e. The van der Waals surface area contributed by atoms with Crippen LogP contribution in [0.3, 0.4) is 0 Å². The number of benzene rings is 1. The average molecular weight is 339 g/mol. The smallest absolute Gasteiger partial charge is 0.260 e. The van der Waals surface area contributed by atoms with Gasteiger partial charge in [-0.15, -0.1) is 0 Å². The Kier molecular flexibility index (Phi) is 5.50. The first-order valence-corrected chi connectivity index (χ1v) is 7.33. The Balaban J connectivity index is 2.00. The number of hydrogen-bond donors (Lipinski definition) is 3. The van der Waals surface area contributed by atoms with E-state index in [2.05, 4.69) is 22.3 Å². The van der Waals surface area contributed by atoms with Crippen LogP contribution in [0.4, 0.5) is 20.2 Å². The minimum absolute atomic E-state index is 0.220. The predicted octanol–water partition coefficient (Wildman–Crippen LogP) is 2.62. The van der Waals surface area contributed by atoms with Crippen LogP contribution in [0.1, 0.15) is 12.8 Å². The predicted molar refractivity (Wildman–Crippen MR) is 87.6 cm³/mol. The van der Waals surface area contributed by atoms with Crippen molar-refractivity contribution >= 4 is 24.0 Å². The first kappa shape index (κ1) is 17.9. The minimum atomic E-state index is -2.91. The first-order valence-electron chi connectivity index (χ1n) is 7.33. The Hall–Kier alpha value is -2.48. The van der Waals surface area contributed by atoms with Crippen LogP contribution in [-0.2, 0) is 4.79 Å². The number of carbonyl (C=O) groups excluding carboxylic acids is 1. The van der Waals surface area contributed by atoms with Crippen molar-refractivity contribution in [3.8, 4) is 5.75 Å². The lowest BCUT2D eigenvalue weighted by Gasteiger charge is -2.16. The van der Waals surface area contributed by atoms with Gasteiger partial charge < -0.3 is 20.5 Å². The van der Waals surface area contributed by atoms with Gasteiger partial charge in [0.15, 0.2) is 0 Å². The summed E-state index contributed by atoms with van der Waals surface area (Å²) in [6, 6.07) is 4.59. The molecule has 0 saturated heterocycles. The number of anilines is 2. The number of aliphatic hydroxyl groups excluding tert-OH is 1. The Labute approximate surface area is 138 Å². The number of ether oxygens (including phenoxy) is 1. The molecule has 0 radical (unpaired) electrons. The third-order valence-electron chi connectivity index (χ3n) is 3.47. The summed E-state index contributed by atoms with van der Waals surface area (Å²) < 4.78 is 31.2. The summed E-state index contributed by atoms with van der Waals surface area (Å²) in [6.45, 7) is 3.28. The zero-order valence-corrected chi connectivity index (χ0v) is 13.1. The van der Waals surface area contributed by atoms with Gasteiger partial charge in [-0.05, 0) is 24.9 Å². The monoisotopic (exact) mass is 339 g/mol. The molecule has 2 rings (SSSR count). The van der Waals surface area contributed by atoms with Crippen LogP contribution in [0.5, 0.6) is 5.75 Å². The number of halogens is 2. The van der Waals surface area contributed by atoms with E-state index in [4.69, 9.17) is 4.74 Å². The molecule has 8 heteroatoms. The van der Waals surface area contributed by atoms with Crippen molar-refractivity contribution in [2.24, 2.45) is 10.9 Å². The van der Waals surface area contributed by atoms with E-state index in [1.165, 1.54) is 18.3 Å². The second kappa shape index (κ2) is 7.39. The number of carbonyl (C=O) groups is 1. The van der Waals surface area contributed by atoms with Gasteiger partial charge in [-0.2, -0.15) is 0 Å². The lowest BCUT2D eigenvalue weighted by molar-refractivity contribution is -0.119. The minimum Gasteiger partial charge on any atom is -0.463 e. The van der Waals surface area contributed by atoms with Crippen molar-refractivity contribution in [2.45, 2.75) is 25.1 Å². The summed E-state index contributed by atoms with van der Waals surface area (Å²) in [5.74, 6) is -4.52. The topological polar surface area (TPSA) is 83.0 Å². The number of nitrogens with one attached hydrogen (secondary N) is 2. The van der Waals surface area contributed by atoms with E-state index in [1.54, 1.807) is 19.2 Å². The van der Waals surface area contributed by atoms with Crippen LogP contribution in [0, 0.1) is 5.92 Å². The number of nitrogens with zero attached hydrogens (tertiary/aromatic N) is 1. The highest BCUT2D eigenvalue weighted by atomic mass is 19.3. The molecular formula is C16H19F2N3O3. The molecule has 1 amide bonds. The van der Waals surface area contributed by atoms with Crippen molar-refractivity contribution in [1.29, 1.82) is 0 Å². The first-order chi connectivity index (χ1) is 11.4. The fourth-order valence-corrected chi connectivity index (χ4v) is 2.08. The third-order valence-corrected chi connectivity index (χ3v) is 3.47. The summed E-state index contributed by atoms with van der Waals surface area (Å²) >= 11 is 0. The van der Waals surface area contributed by atoms with Gasteiger partial charge in [0.25, 0.3) is 5.92 Å². The standard InChI is InChI=1S/C16H19F2N3O3/c1-19-7-3-4-14(22)24-13-6-5-10(8-12(13)20-2)21-15(23)11-9-16(11,17)18/h3,5-8,11,14,20,22H,1,4,9H2,2H3,(H,21,23)/b7-3-. The van der Waals surface area contributed by atoms with Crippen LogP contribution in [-0.4, -0.2) is 37.0 Å². The highest BCUT2D eigenvalue weighted by Gasteiger charge is 2.61.